The Bertz CT molecular complexity index is 708. The Labute approximate surface area is 127 Å². The lowest BCUT2D eigenvalue weighted by atomic mass is 10.1. The molecule has 0 saturated heterocycles. The molecule has 1 saturated carbocycles. The summed E-state index contributed by atoms with van der Waals surface area (Å²) in [4.78, 5) is 2.12. The third-order valence-corrected chi connectivity index (χ3v) is 4.71. The molecule has 0 unspecified atom stereocenters. The number of aromatic nitrogens is 3. The van der Waals surface area contributed by atoms with Gasteiger partial charge in [-0.25, -0.2) is 8.78 Å². The summed E-state index contributed by atoms with van der Waals surface area (Å²) < 4.78 is 29.6. The maximum Gasteiger partial charge on any atom is 0.147 e. The van der Waals surface area contributed by atoms with Crippen LogP contribution in [0.5, 0.6) is 0 Å². The van der Waals surface area contributed by atoms with Gasteiger partial charge in [0.25, 0.3) is 0 Å². The fraction of sp³-hybridized carbons (Fsp3) is 0.500. The van der Waals surface area contributed by atoms with Crippen molar-refractivity contribution in [3.8, 4) is 0 Å². The fourth-order valence-electron chi connectivity index (χ4n) is 3.20. The Hall–Kier alpha value is -1.82. The topological polar surface area (TPSA) is 34.0 Å². The van der Waals surface area contributed by atoms with Gasteiger partial charge in [-0.3, -0.25) is 4.90 Å². The van der Waals surface area contributed by atoms with Crippen LogP contribution in [0.2, 0.25) is 0 Å². The molecule has 2 aromatic rings. The van der Waals surface area contributed by atoms with E-state index in [1.165, 1.54) is 25.0 Å². The summed E-state index contributed by atoms with van der Waals surface area (Å²) in [5, 5.41) is 8.60. The number of fused-ring (bicyclic) bond motifs is 1. The third kappa shape index (κ3) is 2.31. The van der Waals surface area contributed by atoms with Gasteiger partial charge in [-0.05, 0) is 38.0 Å². The van der Waals surface area contributed by atoms with Crippen molar-refractivity contribution in [3.05, 3.63) is 47.0 Å². The Morgan fingerprint density at radius 3 is 2.77 bits per heavy atom. The van der Waals surface area contributed by atoms with Crippen LogP contribution < -0.4 is 0 Å². The molecule has 0 radical (unpaired) electrons. The quantitative estimate of drug-likeness (QED) is 0.874. The van der Waals surface area contributed by atoms with Crippen LogP contribution in [0.3, 0.4) is 0 Å². The van der Waals surface area contributed by atoms with Crippen LogP contribution in [0.1, 0.15) is 48.9 Å². The van der Waals surface area contributed by atoms with Gasteiger partial charge in [-0.1, -0.05) is 0 Å². The molecule has 0 N–H and O–H groups in total. The van der Waals surface area contributed by atoms with E-state index in [0.29, 0.717) is 18.0 Å². The number of rotatable bonds is 3. The van der Waals surface area contributed by atoms with E-state index >= 15 is 0 Å². The highest BCUT2D eigenvalue weighted by Gasteiger charge is 2.33. The van der Waals surface area contributed by atoms with Gasteiger partial charge in [-0.2, -0.15) is 0 Å². The van der Waals surface area contributed by atoms with Crippen LogP contribution in [-0.4, -0.2) is 26.2 Å². The van der Waals surface area contributed by atoms with E-state index < -0.39 is 5.82 Å². The largest absolute Gasteiger partial charge is 0.312 e. The summed E-state index contributed by atoms with van der Waals surface area (Å²) in [7, 11) is 0. The van der Waals surface area contributed by atoms with Gasteiger partial charge in [0, 0.05) is 30.6 Å². The van der Waals surface area contributed by atoms with Crippen molar-refractivity contribution in [2.24, 2.45) is 0 Å². The van der Waals surface area contributed by atoms with Crippen LogP contribution in [0.15, 0.2) is 18.2 Å². The summed E-state index contributed by atoms with van der Waals surface area (Å²) in [5.41, 5.74) is 0.399. The van der Waals surface area contributed by atoms with Crippen molar-refractivity contribution in [1.82, 2.24) is 19.7 Å². The molecular formula is C16H18F2N4. The molecule has 2 heterocycles. The lowest BCUT2D eigenvalue weighted by molar-refractivity contribution is 0.159. The van der Waals surface area contributed by atoms with Crippen molar-refractivity contribution in [3.63, 3.8) is 0 Å². The number of hydrogen-bond acceptors (Lipinski definition) is 3. The first kappa shape index (κ1) is 13.8. The first-order chi connectivity index (χ1) is 10.6. The smallest absolute Gasteiger partial charge is 0.147 e. The van der Waals surface area contributed by atoms with Gasteiger partial charge in [0.15, 0.2) is 0 Å². The Balaban J connectivity index is 1.57. The van der Waals surface area contributed by atoms with Gasteiger partial charge < -0.3 is 4.57 Å². The molecule has 4 rings (SSSR count). The molecule has 1 fully saturated rings. The molecule has 1 aliphatic carbocycles. The number of nitrogens with zero attached hydrogens (tertiary/aromatic N) is 4. The van der Waals surface area contributed by atoms with Gasteiger partial charge in [0.1, 0.15) is 23.3 Å². The lowest BCUT2D eigenvalue weighted by Gasteiger charge is -2.33. The molecule has 116 valence electrons. The van der Waals surface area contributed by atoms with Crippen molar-refractivity contribution in [1.29, 1.82) is 0 Å². The Kier molecular flexibility index (Phi) is 3.22. The van der Waals surface area contributed by atoms with Gasteiger partial charge in [-0.15, -0.1) is 10.2 Å². The summed E-state index contributed by atoms with van der Waals surface area (Å²) in [5.74, 6) is 1.83. The molecule has 0 bridgehead atoms. The molecule has 1 atom stereocenters. The van der Waals surface area contributed by atoms with E-state index in [-0.39, 0.29) is 11.9 Å². The maximum atomic E-state index is 14.0. The predicted molar refractivity (Wildman–Crippen MR) is 77.2 cm³/mol. The van der Waals surface area contributed by atoms with Crippen molar-refractivity contribution < 1.29 is 8.78 Å². The molecule has 0 amide bonds. The summed E-state index contributed by atoms with van der Waals surface area (Å²) in [6.45, 7) is 4.14. The van der Waals surface area contributed by atoms with Gasteiger partial charge in [0.05, 0.1) is 6.54 Å². The van der Waals surface area contributed by atoms with E-state index in [9.17, 15) is 8.78 Å². The highest BCUT2D eigenvalue weighted by atomic mass is 19.1. The van der Waals surface area contributed by atoms with E-state index in [4.69, 9.17) is 0 Å². The van der Waals surface area contributed by atoms with Crippen LogP contribution in [0.4, 0.5) is 8.78 Å². The Morgan fingerprint density at radius 1 is 1.18 bits per heavy atom. The van der Waals surface area contributed by atoms with E-state index in [1.807, 2.05) is 6.92 Å². The molecule has 1 aromatic heterocycles. The Morgan fingerprint density at radius 2 is 2.00 bits per heavy atom. The van der Waals surface area contributed by atoms with Gasteiger partial charge >= 0.3 is 0 Å². The van der Waals surface area contributed by atoms with Crippen molar-refractivity contribution in [2.75, 3.05) is 6.54 Å². The molecule has 6 heteroatoms. The first-order valence-electron chi connectivity index (χ1n) is 7.74. The number of halogens is 2. The molecule has 2 aliphatic rings. The minimum Gasteiger partial charge on any atom is -0.312 e. The second-order valence-electron chi connectivity index (χ2n) is 6.21. The van der Waals surface area contributed by atoms with Crippen LogP contribution in [0, 0.1) is 11.6 Å². The van der Waals surface area contributed by atoms with Crippen LogP contribution >= 0.6 is 0 Å². The predicted octanol–water partition coefficient (Wildman–Crippen LogP) is 3.01. The van der Waals surface area contributed by atoms with Crippen LogP contribution in [0.25, 0.3) is 0 Å². The van der Waals surface area contributed by atoms with Crippen molar-refractivity contribution in [2.45, 2.75) is 44.8 Å². The van der Waals surface area contributed by atoms with Crippen LogP contribution in [-0.2, 0) is 13.1 Å². The average Bonchev–Trinajstić information content (AvgIpc) is 3.28. The minimum absolute atomic E-state index is 0.189. The molecule has 1 aliphatic heterocycles. The zero-order valence-electron chi connectivity index (χ0n) is 12.5. The lowest BCUT2D eigenvalue weighted by Crippen LogP contribution is -2.36. The summed E-state index contributed by atoms with van der Waals surface area (Å²) >= 11 is 0. The fourth-order valence-corrected chi connectivity index (χ4v) is 3.20. The second kappa shape index (κ2) is 5.12. The highest BCUT2D eigenvalue weighted by molar-refractivity contribution is 5.22. The summed E-state index contributed by atoms with van der Waals surface area (Å²) in [6.07, 6.45) is 2.40. The van der Waals surface area contributed by atoms with E-state index in [2.05, 4.69) is 19.7 Å². The molecule has 1 aromatic carbocycles. The normalized spacial score (nSPS) is 20.0. The maximum absolute atomic E-state index is 14.0. The molecular weight excluding hydrogens is 286 g/mol. The molecule has 4 nitrogen and oxygen atoms in total. The summed E-state index contributed by atoms with van der Waals surface area (Å²) in [6, 6.07) is 3.44. The van der Waals surface area contributed by atoms with E-state index in [1.54, 1.807) is 0 Å². The molecule has 0 spiro atoms. The monoisotopic (exact) mass is 304 g/mol. The first-order valence-corrected chi connectivity index (χ1v) is 7.74. The SMILES string of the molecule is C[C@@H](c1cc(F)ccc1F)N1CCn2c(nnc2C2CC2)C1. The number of benzene rings is 1. The highest BCUT2D eigenvalue weighted by Crippen LogP contribution is 2.40. The minimum atomic E-state index is -0.403. The zero-order chi connectivity index (χ0) is 15.3. The second-order valence-corrected chi connectivity index (χ2v) is 6.21. The number of hydrogen-bond donors (Lipinski definition) is 0. The zero-order valence-corrected chi connectivity index (χ0v) is 12.5. The van der Waals surface area contributed by atoms with Crippen molar-refractivity contribution >= 4 is 0 Å². The average molecular weight is 304 g/mol. The van der Waals surface area contributed by atoms with Gasteiger partial charge in [0.2, 0.25) is 0 Å². The third-order valence-electron chi connectivity index (χ3n) is 4.71. The van der Waals surface area contributed by atoms with E-state index in [0.717, 1.165) is 30.8 Å². The molecule has 22 heavy (non-hydrogen) atoms. The standard InChI is InChI=1S/C16H18F2N4/c1-10(13-8-12(17)4-5-14(13)18)21-6-7-22-15(9-21)19-20-16(22)11-2-3-11/h4-5,8,10-11H,2-3,6-7,9H2,1H3/t10-/m0/s1.